The minimum Gasteiger partial charge on any atom is -0.490 e. The van der Waals surface area contributed by atoms with Crippen LogP contribution in [0.25, 0.3) is 11.3 Å². The molecule has 0 aliphatic carbocycles. The second-order valence-corrected chi connectivity index (χ2v) is 6.30. The average molecular weight is 388 g/mol. The molecule has 4 N–H and O–H groups in total. The van der Waals surface area contributed by atoms with Crippen LogP contribution in [0.5, 0.6) is 5.75 Å². The van der Waals surface area contributed by atoms with Gasteiger partial charge in [-0.05, 0) is 25.1 Å². The van der Waals surface area contributed by atoms with E-state index >= 15 is 0 Å². The van der Waals surface area contributed by atoms with Crippen LogP contribution in [0.15, 0.2) is 41.1 Å². The summed E-state index contributed by atoms with van der Waals surface area (Å²) in [5, 5.41) is 10.7. The molecule has 0 fully saturated rings. The molecule has 3 aromatic rings. The van der Waals surface area contributed by atoms with Crippen LogP contribution < -0.4 is 15.9 Å². The molecule has 0 saturated heterocycles. The van der Waals surface area contributed by atoms with E-state index in [1.54, 1.807) is 31.5 Å². The second-order valence-electron chi connectivity index (χ2n) is 5.89. The zero-order valence-corrected chi connectivity index (χ0v) is 15.8. The fourth-order valence-corrected chi connectivity index (χ4v) is 2.66. The average Bonchev–Trinajstić information content (AvgIpc) is 3.14. The van der Waals surface area contributed by atoms with Gasteiger partial charge in [0.1, 0.15) is 18.1 Å². The summed E-state index contributed by atoms with van der Waals surface area (Å²) in [4.78, 5) is 4.25. The summed E-state index contributed by atoms with van der Waals surface area (Å²) in [6.45, 7) is 2.73. The molecule has 0 atom stereocenters. The summed E-state index contributed by atoms with van der Waals surface area (Å²) in [6.07, 6.45) is 1.73. The van der Waals surface area contributed by atoms with Gasteiger partial charge in [0.25, 0.3) is 5.71 Å². The Bertz CT molecular complexity index is 954. The number of ether oxygens (including phenoxy) is 2. The Kier molecular flexibility index (Phi) is 5.73. The van der Waals surface area contributed by atoms with Gasteiger partial charge in [-0.15, -0.1) is 0 Å². The quantitative estimate of drug-likeness (QED) is 0.364. The van der Waals surface area contributed by atoms with Gasteiger partial charge in [-0.3, -0.25) is 10.4 Å². The van der Waals surface area contributed by atoms with Crippen LogP contribution >= 0.6 is 11.6 Å². The summed E-state index contributed by atoms with van der Waals surface area (Å²) >= 11 is 6.28. The molecule has 140 valence electrons. The fourth-order valence-electron chi connectivity index (χ4n) is 2.44. The fraction of sp³-hybridized carbons (Fsp3) is 0.211. The van der Waals surface area contributed by atoms with Gasteiger partial charge < -0.3 is 19.7 Å². The molecule has 27 heavy (non-hydrogen) atoms. The van der Waals surface area contributed by atoms with Crippen LogP contribution in [0.2, 0.25) is 5.02 Å². The Morgan fingerprint density at radius 3 is 2.78 bits per heavy atom. The topological polar surface area (TPSA) is 109 Å². The van der Waals surface area contributed by atoms with Crippen molar-refractivity contribution in [2.24, 2.45) is 0 Å². The highest BCUT2D eigenvalue weighted by Gasteiger charge is 2.22. The van der Waals surface area contributed by atoms with Crippen LogP contribution in [-0.2, 0) is 4.74 Å². The lowest BCUT2D eigenvalue weighted by atomic mass is 10.0. The molecule has 2 aromatic heterocycles. The Balaban J connectivity index is 1.83. The highest BCUT2D eigenvalue weighted by molar-refractivity contribution is 6.33. The Hall–Kier alpha value is -2.90. The van der Waals surface area contributed by atoms with Crippen LogP contribution in [0, 0.1) is 6.92 Å². The van der Waals surface area contributed by atoms with E-state index in [4.69, 9.17) is 36.7 Å². The van der Waals surface area contributed by atoms with Crippen LogP contribution in [0.1, 0.15) is 17.0 Å². The monoisotopic (exact) mass is 387 g/mol. The first-order valence-electron chi connectivity index (χ1n) is 8.23. The first-order valence-corrected chi connectivity index (χ1v) is 8.61. The first-order chi connectivity index (χ1) is 13.0. The summed E-state index contributed by atoms with van der Waals surface area (Å²) in [5.41, 5.74) is 9.80. The number of anilines is 1. The minimum atomic E-state index is 0.330. The zero-order chi connectivity index (χ0) is 19.4. The van der Waals surface area contributed by atoms with E-state index in [0.29, 0.717) is 52.4 Å². The summed E-state index contributed by atoms with van der Waals surface area (Å²) < 4.78 is 15.9. The molecule has 1 aromatic carbocycles. The molecule has 0 unspecified atom stereocenters. The van der Waals surface area contributed by atoms with E-state index in [9.17, 15) is 0 Å². The van der Waals surface area contributed by atoms with Crippen molar-refractivity contribution in [1.29, 1.82) is 0 Å². The van der Waals surface area contributed by atoms with Gasteiger partial charge in [-0.25, -0.2) is 0 Å². The van der Waals surface area contributed by atoms with Gasteiger partial charge in [0.15, 0.2) is 0 Å². The first kappa shape index (κ1) is 18.9. The van der Waals surface area contributed by atoms with E-state index < -0.39 is 0 Å². The van der Waals surface area contributed by atoms with Crippen molar-refractivity contribution in [3.05, 3.63) is 58.6 Å². The predicted octanol–water partition coefficient (Wildman–Crippen LogP) is 1.90. The highest BCUT2D eigenvalue weighted by atomic mass is 35.5. The van der Waals surface area contributed by atoms with Gasteiger partial charge in [0.2, 0.25) is 5.76 Å². The molecular formula is C19H20ClN4O3+. The van der Waals surface area contributed by atoms with Gasteiger partial charge in [-0.2, -0.15) is 0 Å². The maximum atomic E-state index is 6.28. The predicted molar refractivity (Wildman–Crippen MR) is 103 cm³/mol. The van der Waals surface area contributed by atoms with E-state index in [1.165, 1.54) is 0 Å². The summed E-state index contributed by atoms with van der Waals surface area (Å²) in [5.74, 6) is 0.855. The minimum absolute atomic E-state index is 0.330. The third kappa shape index (κ3) is 4.27. The molecule has 0 amide bonds. The summed E-state index contributed by atoms with van der Waals surface area (Å²) in [6, 6.07) is 8.82. The van der Waals surface area contributed by atoms with Crippen molar-refractivity contribution in [2.45, 2.75) is 6.92 Å². The maximum absolute atomic E-state index is 6.28. The van der Waals surface area contributed by atoms with Crippen LogP contribution in [0.3, 0.4) is 0 Å². The number of aromatic nitrogens is 2. The molecule has 0 spiro atoms. The van der Waals surface area contributed by atoms with Gasteiger partial charge in [-0.1, -0.05) is 16.8 Å². The van der Waals surface area contributed by atoms with Crippen molar-refractivity contribution >= 4 is 23.0 Å². The number of hydrogen-bond donors (Lipinski definition) is 2. The zero-order valence-electron chi connectivity index (χ0n) is 15.0. The molecular weight excluding hydrogens is 368 g/mol. The largest absolute Gasteiger partial charge is 0.490 e. The number of benzene rings is 1. The number of methoxy groups -OCH3 is 1. The Morgan fingerprint density at radius 1 is 1.26 bits per heavy atom. The van der Waals surface area contributed by atoms with E-state index in [0.717, 1.165) is 11.3 Å². The lowest BCUT2D eigenvalue weighted by molar-refractivity contribution is -0.113. The SMILES string of the molecule is COCCOc1cc(N)c(C(=[NH2+])c2cc(-c3ccc(C)nc3)no2)cc1Cl. The summed E-state index contributed by atoms with van der Waals surface area (Å²) in [7, 11) is 1.59. The standard InChI is InChI=1S/C19H19ClN4O3/c1-11-3-4-12(10-23-11)16-9-18(27-24-16)19(22)13-7-14(20)17(8-15(13)21)26-6-5-25-2/h3-4,7-10,22H,5-6,21H2,1-2H3/p+1. The molecule has 0 aliphatic rings. The van der Waals surface area contributed by atoms with E-state index in [1.807, 2.05) is 19.1 Å². The molecule has 8 heteroatoms. The van der Waals surface area contributed by atoms with Gasteiger partial charge >= 0.3 is 0 Å². The smallest absolute Gasteiger partial charge is 0.252 e. The number of rotatable bonds is 7. The number of nitrogens with zero attached hydrogens (tertiary/aromatic N) is 2. The number of nitrogen functional groups attached to an aromatic ring is 1. The number of halogens is 1. The van der Waals surface area contributed by atoms with Crippen LogP contribution in [-0.4, -0.2) is 36.2 Å². The lowest BCUT2D eigenvalue weighted by Gasteiger charge is -2.10. The molecule has 2 heterocycles. The highest BCUT2D eigenvalue weighted by Crippen LogP contribution is 2.31. The Labute approximate surface area is 161 Å². The second kappa shape index (κ2) is 8.20. The van der Waals surface area contributed by atoms with Crippen molar-refractivity contribution in [2.75, 3.05) is 26.1 Å². The molecule has 3 rings (SSSR count). The Morgan fingerprint density at radius 2 is 2.07 bits per heavy atom. The number of nitrogens with two attached hydrogens (primary N) is 2. The van der Waals surface area contributed by atoms with E-state index in [2.05, 4.69) is 10.1 Å². The van der Waals surface area contributed by atoms with Gasteiger partial charge in [0.05, 0.1) is 17.2 Å². The molecule has 0 radical (unpaired) electrons. The van der Waals surface area contributed by atoms with Crippen molar-refractivity contribution in [3.8, 4) is 17.0 Å². The third-order valence-corrected chi connectivity index (χ3v) is 4.22. The third-order valence-electron chi connectivity index (χ3n) is 3.92. The van der Waals surface area contributed by atoms with Crippen molar-refractivity contribution < 1.29 is 19.4 Å². The number of aryl methyl sites for hydroxylation is 1. The van der Waals surface area contributed by atoms with Gasteiger partial charge in [0, 0.05) is 42.4 Å². The normalized spacial score (nSPS) is 10.8. The van der Waals surface area contributed by atoms with Crippen molar-refractivity contribution in [3.63, 3.8) is 0 Å². The molecule has 0 aliphatic heterocycles. The maximum Gasteiger partial charge on any atom is 0.252 e. The molecule has 0 saturated carbocycles. The number of pyridine rings is 1. The molecule has 0 bridgehead atoms. The molecule has 7 nitrogen and oxygen atoms in total. The van der Waals surface area contributed by atoms with Crippen molar-refractivity contribution in [1.82, 2.24) is 10.1 Å². The van der Waals surface area contributed by atoms with E-state index in [-0.39, 0.29) is 0 Å². The van der Waals surface area contributed by atoms with Crippen LogP contribution in [0.4, 0.5) is 5.69 Å². The lowest BCUT2D eigenvalue weighted by Crippen LogP contribution is -2.41. The number of hydrogen-bond acceptors (Lipinski definition) is 6.